The largest absolute Gasteiger partial charge is 0.394 e. The molecule has 1 aromatic carbocycles. The van der Waals surface area contributed by atoms with Gasteiger partial charge in [-0.05, 0) is 49.9 Å². The van der Waals surface area contributed by atoms with Crippen molar-refractivity contribution in [2.24, 2.45) is 0 Å². The lowest BCUT2D eigenvalue weighted by molar-refractivity contribution is -0.199. The van der Waals surface area contributed by atoms with Crippen molar-refractivity contribution in [2.45, 2.75) is 68.9 Å². The standard InChI is InChI=1S/C24H26ClN5O4/c1-23(2)33-17-15(10-31)32-21(18(17)34-23)30-12-26-16-19(27-22(25)28-20(16)30)29-11-24(8-5-9-24)13-6-3-4-7-14(13)29/h3-4,6-7,12,15,17-18,21,31H,5,8-11H2,1-2H3/t15-,17?,18+,21-/m1/s1. The molecule has 1 spiro atoms. The van der Waals surface area contributed by atoms with Gasteiger partial charge in [0, 0.05) is 17.6 Å². The zero-order valence-electron chi connectivity index (χ0n) is 19.0. The van der Waals surface area contributed by atoms with Crippen LogP contribution >= 0.6 is 11.6 Å². The van der Waals surface area contributed by atoms with Gasteiger partial charge in [0.25, 0.3) is 0 Å². The molecule has 7 rings (SSSR count). The Balaban J connectivity index is 1.33. The van der Waals surface area contributed by atoms with Gasteiger partial charge in [0.15, 0.2) is 29.0 Å². The van der Waals surface area contributed by atoms with Crippen LogP contribution in [0.25, 0.3) is 11.2 Å². The molecule has 3 aromatic rings. The average molecular weight is 484 g/mol. The van der Waals surface area contributed by atoms with Crippen LogP contribution in [0.5, 0.6) is 0 Å². The third-order valence-corrected chi connectivity index (χ3v) is 7.92. The Hall–Kier alpha value is -2.30. The maximum atomic E-state index is 9.88. The van der Waals surface area contributed by atoms with E-state index in [4.69, 9.17) is 30.8 Å². The van der Waals surface area contributed by atoms with Crippen molar-refractivity contribution in [3.8, 4) is 0 Å². The van der Waals surface area contributed by atoms with Gasteiger partial charge in [0.1, 0.15) is 18.3 Å². The SMILES string of the molecule is CC1(C)OC2[C@@H](CO)O[C@@H](n3cnc4c(N5CC6(CCC6)c6ccccc65)nc(Cl)nc43)[C@H]2O1. The Morgan fingerprint density at radius 1 is 1.15 bits per heavy atom. The summed E-state index contributed by atoms with van der Waals surface area (Å²) in [7, 11) is 0. The Kier molecular flexibility index (Phi) is 4.40. The number of benzene rings is 1. The van der Waals surface area contributed by atoms with Crippen LogP contribution in [-0.2, 0) is 19.6 Å². The fourth-order valence-electron chi connectivity index (χ4n) is 6.13. The van der Waals surface area contributed by atoms with E-state index < -0.39 is 24.2 Å². The van der Waals surface area contributed by atoms with Crippen molar-refractivity contribution in [1.82, 2.24) is 19.5 Å². The Morgan fingerprint density at radius 3 is 2.71 bits per heavy atom. The third-order valence-electron chi connectivity index (χ3n) is 7.75. The van der Waals surface area contributed by atoms with E-state index in [1.54, 1.807) is 6.33 Å². The maximum Gasteiger partial charge on any atom is 0.226 e. The van der Waals surface area contributed by atoms with Crippen LogP contribution in [0.1, 0.15) is 44.9 Å². The zero-order chi connectivity index (χ0) is 23.2. The molecule has 0 radical (unpaired) electrons. The number of ether oxygens (including phenoxy) is 3. The Morgan fingerprint density at radius 2 is 1.94 bits per heavy atom. The number of aliphatic hydroxyl groups is 1. The van der Waals surface area contributed by atoms with Crippen molar-refractivity contribution < 1.29 is 19.3 Å². The molecule has 9 nitrogen and oxygen atoms in total. The summed E-state index contributed by atoms with van der Waals surface area (Å²) in [6.45, 7) is 4.41. The summed E-state index contributed by atoms with van der Waals surface area (Å²) in [4.78, 5) is 16.1. The highest BCUT2D eigenvalue weighted by Gasteiger charge is 2.56. The van der Waals surface area contributed by atoms with Crippen LogP contribution < -0.4 is 4.90 Å². The average Bonchev–Trinajstić information content (AvgIpc) is 3.51. The first-order valence-electron chi connectivity index (χ1n) is 11.8. The summed E-state index contributed by atoms with van der Waals surface area (Å²) in [6.07, 6.45) is 3.42. The molecular weight excluding hydrogens is 458 g/mol. The number of aromatic nitrogens is 4. The summed E-state index contributed by atoms with van der Waals surface area (Å²) in [5.41, 5.74) is 3.91. The van der Waals surface area contributed by atoms with Crippen molar-refractivity contribution in [1.29, 1.82) is 0 Å². The smallest absolute Gasteiger partial charge is 0.226 e. The van der Waals surface area contributed by atoms with Gasteiger partial charge in [-0.3, -0.25) is 4.57 Å². The molecular formula is C24H26ClN5O4. The number of aliphatic hydroxyl groups excluding tert-OH is 1. The molecule has 2 aromatic heterocycles. The third kappa shape index (κ3) is 2.85. The number of imidazole rings is 1. The van der Waals surface area contributed by atoms with Crippen LogP contribution in [0.15, 0.2) is 30.6 Å². The minimum Gasteiger partial charge on any atom is -0.394 e. The second kappa shape index (κ2) is 7.11. The second-order valence-corrected chi connectivity index (χ2v) is 10.5. The number of fused-ring (bicyclic) bond motifs is 4. The van der Waals surface area contributed by atoms with E-state index in [1.807, 2.05) is 18.4 Å². The molecule has 4 aliphatic rings. The van der Waals surface area contributed by atoms with E-state index in [0.29, 0.717) is 17.0 Å². The molecule has 4 atom stereocenters. The van der Waals surface area contributed by atoms with Crippen LogP contribution in [0.2, 0.25) is 5.28 Å². The van der Waals surface area contributed by atoms with Gasteiger partial charge < -0.3 is 24.2 Å². The fourth-order valence-corrected chi connectivity index (χ4v) is 6.29. The van der Waals surface area contributed by atoms with Crippen molar-refractivity contribution >= 4 is 34.3 Å². The number of hydrogen-bond donors (Lipinski definition) is 1. The highest BCUT2D eigenvalue weighted by Crippen LogP contribution is 2.54. The van der Waals surface area contributed by atoms with Gasteiger partial charge in [-0.1, -0.05) is 24.6 Å². The minimum atomic E-state index is -0.769. The number of rotatable bonds is 3. The highest BCUT2D eigenvalue weighted by molar-refractivity contribution is 6.28. The predicted molar refractivity (Wildman–Crippen MR) is 124 cm³/mol. The molecule has 1 aliphatic carbocycles. The molecule has 3 aliphatic heterocycles. The van der Waals surface area contributed by atoms with Gasteiger partial charge in [0.2, 0.25) is 5.28 Å². The van der Waals surface area contributed by atoms with E-state index in [2.05, 4.69) is 39.1 Å². The van der Waals surface area contributed by atoms with Crippen LogP contribution in [0, 0.1) is 0 Å². The molecule has 1 saturated carbocycles. The molecule has 0 amide bonds. The first-order valence-corrected chi connectivity index (χ1v) is 12.2. The van der Waals surface area contributed by atoms with Crippen LogP contribution in [0.3, 0.4) is 0 Å². The van der Waals surface area contributed by atoms with Crippen molar-refractivity contribution in [2.75, 3.05) is 18.1 Å². The van der Waals surface area contributed by atoms with Crippen LogP contribution in [0.4, 0.5) is 11.5 Å². The quantitative estimate of drug-likeness (QED) is 0.566. The Labute approximate surface area is 201 Å². The van der Waals surface area contributed by atoms with Gasteiger partial charge in [-0.2, -0.15) is 9.97 Å². The Bertz CT molecular complexity index is 1290. The number of anilines is 2. The summed E-state index contributed by atoms with van der Waals surface area (Å²) >= 11 is 6.47. The van der Waals surface area contributed by atoms with Gasteiger partial charge in [-0.25, -0.2) is 4.98 Å². The fraction of sp³-hybridized carbons (Fsp3) is 0.542. The molecule has 1 unspecified atom stereocenters. The first kappa shape index (κ1) is 21.0. The second-order valence-electron chi connectivity index (χ2n) is 10.2. The van der Waals surface area contributed by atoms with Crippen molar-refractivity contribution in [3.63, 3.8) is 0 Å². The minimum absolute atomic E-state index is 0.147. The van der Waals surface area contributed by atoms with E-state index in [0.717, 1.165) is 12.2 Å². The number of halogens is 1. The van der Waals surface area contributed by atoms with E-state index in [1.165, 1.54) is 24.8 Å². The predicted octanol–water partition coefficient (Wildman–Crippen LogP) is 3.46. The van der Waals surface area contributed by atoms with E-state index in [-0.39, 0.29) is 23.4 Å². The van der Waals surface area contributed by atoms with Gasteiger partial charge >= 0.3 is 0 Å². The molecule has 10 heteroatoms. The summed E-state index contributed by atoms with van der Waals surface area (Å²) < 4.78 is 20.1. The maximum absolute atomic E-state index is 9.88. The lowest BCUT2D eigenvalue weighted by atomic mass is 9.66. The molecule has 2 saturated heterocycles. The lowest BCUT2D eigenvalue weighted by Crippen LogP contribution is -2.38. The zero-order valence-corrected chi connectivity index (χ0v) is 19.8. The molecule has 178 valence electrons. The van der Waals surface area contributed by atoms with Gasteiger partial charge in [-0.15, -0.1) is 0 Å². The summed E-state index contributed by atoms with van der Waals surface area (Å²) in [5, 5.41) is 10.0. The number of para-hydroxylation sites is 1. The molecule has 1 N–H and O–H groups in total. The van der Waals surface area contributed by atoms with Gasteiger partial charge in [0.05, 0.1) is 12.9 Å². The molecule has 5 heterocycles. The normalized spacial score (nSPS) is 30.6. The molecule has 0 bridgehead atoms. The summed E-state index contributed by atoms with van der Waals surface area (Å²) in [5.74, 6) is -0.0721. The number of nitrogens with zero attached hydrogens (tertiary/aromatic N) is 5. The first-order chi connectivity index (χ1) is 16.4. The number of hydrogen-bond acceptors (Lipinski definition) is 8. The highest BCUT2D eigenvalue weighted by atomic mass is 35.5. The lowest BCUT2D eigenvalue weighted by Gasteiger charge is -2.39. The monoisotopic (exact) mass is 483 g/mol. The van der Waals surface area contributed by atoms with E-state index >= 15 is 0 Å². The van der Waals surface area contributed by atoms with E-state index in [9.17, 15) is 5.11 Å². The topological polar surface area (TPSA) is 94.8 Å². The van der Waals surface area contributed by atoms with Crippen LogP contribution in [-0.4, -0.2) is 61.9 Å². The summed E-state index contributed by atoms with van der Waals surface area (Å²) in [6, 6.07) is 8.54. The van der Waals surface area contributed by atoms with Crippen molar-refractivity contribution in [3.05, 3.63) is 41.4 Å². The molecule has 34 heavy (non-hydrogen) atoms. The molecule has 3 fully saturated rings.